The predicted molar refractivity (Wildman–Crippen MR) is 39.6 cm³/mol. The summed E-state index contributed by atoms with van der Waals surface area (Å²) in [5.74, 6) is 0.700. The van der Waals surface area contributed by atoms with Gasteiger partial charge in [-0.2, -0.15) is 0 Å². The number of aromatic amines is 1. The average molecular weight is 341 g/mol. The molecular formula is C7H6N4Pt. The van der Waals surface area contributed by atoms with Crippen molar-refractivity contribution in [3.05, 3.63) is 30.3 Å². The molecule has 4 nitrogen and oxygen atoms in total. The Morgan fingerprint density at radius 2 is 1.83 bits per heavy atom. The van der Waals surface area contributed by atoms with Crippen LogP contribution in [0.4, 0.5) is 0 Å². The van der Waals surface area contributed by atoms with Gasteiger partial charge in [0.2, 0.25) is 0 Å². The number of benzene rings is 1. The molecule has 0 amide bonds. The molecule has 1 aromatic carbocycles. The molecule has 2 aromatic rings. The minimum Gasteiger partial charge on any atom is -0.239 e. The van der Waals surface area contributed by atoms with Crippen molar-refractivity contribution in [3.63, 3.8) is 0 Å². The molecule has 1 N–H and O–H groups in total. The Balaban J connectivity index is 0.000000720. The number of aromatic nitrogens is 4. The fourth-order valence-electron chi connectivity index (χ4n) is 0.877. The van der Waals surface area contributed by atoms with E-state index in [-0.39, 0.29) is 21.1 Å². The van der Waals surface area contributed by atoms with Gasteiger partial charge in [0, 0.05) is 26.6 Å². The van der Waals surface area contributed by atoms with Crippen molar-refractivity contribution in [1.82, 2.24) is 20.6 Å². The number of hydrogen-bond acceptors (Lipinski definition) is 3. The van der Waals surface area contributed by atoms with Crippen molar-refractivity contribution in [2.24, 2.45) is 0 Å². The summed E-state index contributed by atoms with van der Waals surface area (Å²) in [4.78, 5) is 0. The molecule has 0 spiro atoms. The quantitative estimate of drug-likeness (QED) is 0.837. The fraction of sp³-hybridized carbons (Fsp3) is 0. The van der Waals surface area contributed by atoms with Crippen molar-refractivity contribution in [3.8, 4) is 11.4 Å². The topological polar surface area (TPSA) is 54.5 Å². The molecule has 0 radical (unpaired) electrons. The Bertz CT molecular complexity index is 318. The number of H-pyrrole nitrogens is 1. The first-order valence-corrected chi connectivity index (χ1v) is 3.26. The second kappa shape index (κ2) is 4.12. The summed E-state index contributed by atoms with van der Waals surface area (Å²) in [7, 11) is 0. The zero-order chi connectivity index (χ0) is 7.52. The van der Waals surface area contributed by atoms with Crippen molar-refractivity contribution >= 4 is 0 Å². The molecule has 0 fully saturated rings. The van der Waals surface area contributed by atoms with Gasteiger partial charge in [0.15, 0.2) is 5.82 Å². The maximum Gasteiger partial charge on any atom is 0.179 e. The Kier molecular flexibility index (Phi) is 3.11. The normalized spacial score (nSPS) is 9.00. The van der Waals surface area contributed by atoms with Crippen LogP contribution in [0.1, 0.15) is 0 Å². The molecular weight excluding hydrogens is 335 g/mol. The van der Waals surface area contributed by atoms with Gasteiger partial charge in [-0.3, -0.25) is 0 Å². The Hall–Kier alpha value is -1.02. The number of rotatable bonds is 1. The second-order valence-electron chi connectivity index (χ2n) is 2.12. The minimum absolute atomic E-state index is 0. The fourth-order valence-corrected chi connectivity index (χ4v) is 0.877. The van der Waals surface area contributed by atoms with Crippen LogP contribution < -0.4 is 0 Å². The first-order valence-electron chi connectivity index (χ1n) is 3.26. The number of nitrogens with zero attached hydrogens (tertiary/aromatic N) is 3. The van der Waals surface area contributed by atoms with Crippen LogP contribution in [0.2, 0.25) is 0 Å². The Morgan fingerprint density at radius 1 is 1.08 bits per heavy atom. The molecule has 0 atom stereocenters. The molecule has 1 heterocycles. The van der Waals surface area contributed by atoms with Gasteiger partial charge in [0.05, 0.1) is 0 Å². The maximum atomic E-state index is 3.77. The standard InChI is InChI=1S/C7H6N4.Pt/c1-2-4-6(5-3-1)7-8-10-11-9-7;/h1-5H,(H,8,9,10,11);. The van der Waals surface area contributed by atoms with E-state index in [2.05, 4.69) is 20.6 Å². The van der Waals surface area contributed by atoms with Gasteiger partial charge in [-0.25, -0.2) is 5.10 Å². The summed E-state index contributed by atoms with van der Waals surface area (Å²) in [5, 5.41) is 13.4. The van der Waals surface area contributed by atoms with Crippen LogP contribution in [0.25, 0.3) is 11.4 Å². The van der Waals surface area contributed by atoms with E-state index in [1.54, 1.807) is 0 Å². The van der Waals surface area contributed by atoms with Gasteiger partial charge in [-0.05, 0) is 10.4 Å². The van der Waals surface area contributed by atoms with Gasteiger partial charge in [-0.15, -0.1) is 5.10 Å². The van der Waals surface area contributed by atoms with E-state index in [1.165, 1.54) is 0 Å². The molecule has 0 bridgehead atoms. The van der Waals surface area contributed by atoms with E-state index >= 15 is 0 Å². The SMILES string of the molecule is [Pt].c1ccc(-c2nnn[nH]2)cc1. The first kappa shape index (κ1) is 9.07. The molecule has 0 aliphatic heterocycles. The van der Waals surface area contributed by atoms with Crippen LogP contribution >= 0.6 is 0 Å². The number of tetrazole rings is 1. The molecule has 1 aromatic heterocycles. The third-order valence-electron chi connectivity index (χ3n) is 1.39. The summed E-state index contributed by atoms with van der Waals surface area (Å²) in [6.45, 7) is 0. The van der Waals surface area contributed by atoms with E-state index in [9.17, 15) is 0 Å². The van der Waals surface area contributed by atoms with E-state index in [4.69, 9.17) is 0 Å². The number of hydrogen-bond donors (Lipinski definition) is 1. The van der Waals surface area contributed by atoms with E-state index < -0.39 is 0 Å². The van der Waals surface area contributed by atoms with Crippen molar-refractivity contribution in [1.29, 1.82) is 0 Å². The molecule has 0 saturated carbocycles. The van der Waals surface area contributed by atoms with Gasteiger partial charge >= 0.3 is 0 Å². The summed E-state index contributed by atoms with van der Waals surface area (Å²) in [6.07, 6.45) is 0. The summed E-state index contributed by atoms with van der Waals surface area (Å²) in [6, 6.07) is 9.73. The second-order valence-corrected chi connectivity index (χ2v) is 2.12. The molecule has 0 saturated heterocycles. The summed E-state index contributed by atoms with van der Waals surface area (Å²) >= 11 is 0. The van der Waals surface area contributed by atoms with Gasteiger partial charge in [0.1, 0.15) is 0 Å². The van der Waals surface area contributed by atoms with Crippen LogP contribution in [0.5, 0.6) is 0 Å². The first-order chi connectivity index (χ1) is 5.47. The van der Waals surface area contributed by atoms with Crippen LogP contribution in [-0.2, 0) is 21.1 Å². The van der Waals surface area contributed by atoms with Gasteiger partial charge in [0.25, 0.3) is 0 Å². The van der Waals surface area contributed by atoms with Crippen LogP contribution in [0.15, 0.2) is 30.3 Å². The maximum absolute atomic E-state index is 3.77. The Labute approximate surface area is 83.7 Å². The summed E-state index contributed by atoms with van der Waals surface area (Å²) in [5.41, 5.74) is 0.998. The third-order valence-corrected chi connectivity index (χ3v) is 1.39. The summed E-state index contributed by atoms with van der Waals surface area (Å²) < 4.78 is 0. The van der Waals surface area contributed by atoms with E-state index in [1.807, 2.05) is 30.3 Å². The predicted octanol–water partition coefficient (Wildman–Crippen LogP) is 0.864. The monoisotopic (exact) mass is 341 g/mol. The molecule has 2 rings (SSSR count). The molecule has 64 valence electrons. The third kappa shape index (κ3) is 1.77. The zero-order valence-electron chi connectivity index (χ0n) is 6.04. The van der Waals surface area contributed by atoms with Gasteiger partial charge in [-0.1, -0.05) is 30.3 Å². The van der Waals surface area contributed by atoms with E-state index in [0.29, 0.717) is 5.82 Å². The van der Waals surface area contributed by atoms with Crippen molar-refractivity contribution in [2.75, 3.05) is 0 Å². The molecule has 0 aliphatic carbocycles. The van der Waals surface area contributed by atoms with Crippen molar-refractivity contribution in [2.45, 2.75) is 0 Å². The molecule has 12 heavy (non-hydrogen) atoms. The number of nitrogens with one attached hydrogen (secondary N) is 1. The Morgan fingerprint density at radius 3 is 2.42 bits per heavy atom. The molecule has 5 heteroatoms. The smallest absolute Gasteiger partial charge is 0.179 e. The van der Waals surface area contributed by atoms with Crippen molar-refractivity contribution < 1.29 is 21.1 Å². The molecule has 0 aliphatic rings. The molecule has 0 unspecified atom stereocenters. The average Bonchev–Trinajstić information content (AvgIpc) is 2.58. The van der Waals surface area contributed by atoms with Crippen LogP contribution in [0, 0.1) is 0 Å². The van der Waals surface area contributed by atoms with Crippen LogP contribution in [-0.4, -0.2) is 20.6 Å². The largest absolute Gasteiger partial charge is 0.239 e. The zero-order valence-corrected chi connectivity index (χ0v) is 8.32. The van der Waals surface area contributed by atoms with Crippen LogP contribution in [0.3, 0.4) is 0 Å². The van der Waals surface area contributed by atoms with Gasteiger partial charge < -0.3 is 0 Å². The minimum atomic E-state index is 0. The van der Waals surface area contributed by atoms with E-state index in [0.717, 1.165) is 5.56 Å².